The molecule has 0 bridgehead atoms. The smallest absolute Gasteiger partial charge is 0.232 e. The van der Waals surface area contributed by atoms with Crippen LogP contribution in [0.1, 0.15) is 22.6 Å². The highest BCUT2D eigenvalue weighted by Crippen LogP contribution is 2.38. The third kappa shape index (κ3) is 2.49. The molecule has 1 heterocycles. The van der Waals surface area contributed by atoms with E-state index in [2.05, 4.69) is 5.32 Å². The van der Waals surface area contributed by atoms with Crippen molar-refractivity contribution in [2.45, 2.75) is 19.3 Å². The van der Waals surface area contributed by atoms with Crippen molar-refractivity contribution in [2.75, 3.05) is 12.4 Å². The first kappa shape index (κ1) is 14.0. The zero-order valence-corrected chi connectivity index (χ0v) is 12.7. The minimum absolute atomic E-state index is 0.0290. The number of halogens is 1. The fraction of sp³-hybridized carbons (Fsp3) is 0.235. The molecule has 0 saturated heterocycles. The molecule has 4 heteroatoms. The quantitative estimate of drug-likeness (QED) is 0.932. The Morgan fingerprint density at radius 1 is 1.29 bits per heavy atom. The van der Waals surface area contributed by atoms with E-state index in [4.69, 9.17) is 16.3 Å². The van der Waals surface area contributed by atoms with Crippen molar-refractivity contribution in [1.82, 2.24) is 0 Å². The molecule has 0 radical (unpaired) electrons. The van der Waals surface area contributed by atoms with Crippen LogP contribution in [0.3, 0.4) is 0 Å². The number of fused-ring (bicyclic) bond motifs is 1. The van der Waals surface area contributed by atoms with E-state index in [1.165, 1.54) is 0 Å². The summed E-state index contributed by atoms with van der Waals surface area (Å²) in [5, 5.41) is 3.62. The molecular weight excluding hydrogens is 286 g/mol. The van der Waals surface area contributed by atoms with Crippen LogP contribution in [-0.2, 0) is 11.2 Å². The molecule has 0 aliphatic carbocycles. The van der Waals surface area contributed by atoms with Gasteiger partial charge >= 0.3 is 0 Å². The molecule has 0 aromatic heterocycles. The van der Waals surface area contributed by atoms with Crippen LogP contribution >= 0.6 is 11.6 Å². The van der Waals surface area contributed by atoms with Gasteiger partial charge in [-0.1, -0.05) is 29.8 Å². The Morgan fingerprint density at radius 3 is 2.86 bits per heavy atom. The standard InChI is InChI=1S/C17H16ClNO2/c1-10-4-3-5-13-14(17(20)19-16(10)13)9-11-8-12(18)6-7-15(11)21-2/h3-8,14H,9H2,1-2H3,(H,19,20). The Bertz CT molecular complexity index is 712. The second kappa shape index (κ2) is 5.41. The summed E-state index contributed by atoms with van der Waals surface area (Å²) < 4.78 is 5.37. The number of carbonyl (C=O) groups excluding carboxylic acids is 1. The van der Waals surface area contributed by atoms with Gasteiger partial charge in [-0.15, -0.1) is 0 Å². The van der Waals surface area contributed by atoms with Crippen LogP contribution in [0.2, 0.25) is 5.02 Å². The highest BCUT2D eigenvalue weighted by atomic mass is 35.5. The lowest BCUT2D eigenvalue weighted by atomic mass is 9.92. The average Bonchev–Trinajstić information content (AvgIpc) is 2.78. The number of hydrogen-bond donors (Lipinski definition) is 1. The maximum absolute atomic E-state index is 12.3. The van der Waals surface area contributed by atoms with Crippen LogP contribution in [0.4, 0.5) is 5.69 Å². The summed E-state index contributed by atoms with van der Waals surface area (Å²) in [6.45, 7) is 2.00. The summed E-state index contributed by atoms with van der Waals surface area (Å²) >= 11 is 6.06. The zero-order chi connectivity index (χ0) is 15.0. The maximum atomic E-state index is 12.3. The number of rotatable bonds is 3. The summed E-state index contributed by atoms with van der Waals surface area (Å²) in [6, 6.07) is 11.5. The number of methoxy groups -OCH3 is 1. The van der Waals surface area contributed by atoms with Crippen molar-refractivity contribution in [1.29, 1.82) is 0 Å². The van der Waals surface area contributed by atoms with Crippen molar-refractivity contribution in [3.05, 3.63) is 58.1 Å². The van der Waals surface area contributed by atoms with Crippen LogP contribution in [0.5, 0.6) is 5.75 Å². The third-order valence-corrected chi connectivity index (χ3v) is 4.15. The van der Waals surface area contributed by atoms with E-state index in [9.17, 15) is 4.79 Å². The molecule has 108 valence electrons. The predicted octanol–water partition coefficient (Wildman–Crippen LogP) is 3.94. The van der Waals surface area contributed by atoms with Crippen molar-refractivity contribution in [3.8, 4) is 5.75 Å². The highest BCUT2D eigenvalue weighted by Gasteiger charge is 2.32. The lowest BCUT2D eigenvalue weighted by Gasteiger charge is -2.13. The van der Waals surface area contributed by atoms with Gasteiger partial charge < -0.3 is 10.1 Å². The van der Waals surface area contributed by atoms with Crippen molar-refractivity contribution in [2.24, 2.45) is 0 Å². The molecule has 0 spiro atoms. The highest BCUT2D eigenvalue weighted by molar-refractivity contribution is 6.30. The molecule has 2 aromatic carbocycles. The van der Waals surface area contributed by atoms with E-state index in [1.54, 1.807) is 13.2 Å². The third-order valence-electron chi connectivity index (χ3n) is 3.91. The Kier molecular flexibility index (Phi) is 3.60. The Morgan fingerprint density at radius 2 is 2.10 bits per heavy atom. The van der Waals surface area contributed by atoms with Crippen molar-refractivity contribution >= 4 is 23.2 Å². The Labute approximate surface area is 128 Å². The lowest BCUT2D eigenvalue weighted by molar-refractivity contribution is -0.117. The van der Waals surface area contributed by atoms with Crippen LogP contribution in [0, 0.1) is 6.92 Å². The fourth-order valence-corrected chi connectivity index (χ4v) is 3.03. The van der Waals surface area contributed by atoms with Crippen molar-refractivity contribution < 1.29 is 9.53 Å². The largest absolute Gasteiger partial charge is 0.496 e. The first-order valence-corrected chi connectivity index (χ1v) is 7.20. The second-order valence-corrected chi connectivity index (χ2v) is 5.68. The van der Waals surface area contributed by atoms with Gasteiger partial charge in [0.05, 0.1) is 13.0 Å². The molecule has 1 atom stereocenters. The van der Waals surface area contributed by atoms with Crippen LogP contribution in [0.25, 0.3) is 0 Å². The number of aryl methyl sites for hydroxylation is 1. The van der Waals surface area contributed by atoms with Gasteiger partial charge in [-0.3, -0.25) is 4.79 Å². The summed E-state index contributed by atoms with van der Waals surface area (Å²) in [5.41, 5.74) is 4.01. The fourth-order valence-electron chi connectivity index (χ4n) is 2.83. The molecule has 0 fully saturated rings. The van der Waals surface area contributed by atoms with Crippen LogP contribution in [0.15, 0.2) is 36.4 Å². The topological polar surface area (TPSA) is 38.3 Å². The molecule has 3 nitrogen and oxygen atoms in total. The molecule has 3 rings (SSSR count). The molecule has 0 saturated carbocycles. The number of benzene rings is 2. The van der Waals surface area contributed by atoms with E-state index in [0.717, 1.165) is 28.1 Å². The van der Waals surface area contributed by atoms with Gasteiger partial charge in [-0.2, -0.15) is 0 Å². The first-order chi connectivity index (χ1) is 10.1. The second-order valence-electron chi connectivity index (χ2n) is 5.24. The van der Waals surface area contributed by atoms with Crippen LogP contribution in [-0.4, -0.2) is 13.0 Å². The number of para-hydroxylation sites is 1. The number of amides is 1. The summed E-state index contributed by atoms with van der Waals surface area (Å²) in [7, 11) is 1.62. The van der Waals surface area contributed by atoms with E-state index in [-0.39, 0.29) is 11.8 Å². The Hall–Kier alpha value is -2.00. The molecule has 1 unspecified atom stereocenters. The molecule has 1 N–H and O–H groups in total. The maximum Gasteiger partial charge on any atom is 0.232 e. The molecular formula is C17H16ClNO2. The van der Waals surface area contributed by atoms with Gasteiger partial charge in [0.15, 0.2) is 0 Å². The lowest BCUT2D eigenvalue weighted by Crippen LogP contribution is -2.14. The minimum Gasteiger partial charge on any atom is -0.496 e. The average molecular weight is 302 g/mol. The number of nitrogens with one attached hydrogen (secondary N) is 1. The van der Waals surface area contributed by atoms with Crippen LogP contribution < -0.4 is 10.1 Å². The summed E-state index contributed by atoms with van der Waals surface area (Å²) in [4.78, 5) is 12.3. The Balaban J connectivity index is 1.98. The minimum atomic E-state index is -0.202. The molecule has 21 heavy (non-hydrogen) atoms. The molecule has 1 amide bonds. The number of ether oxygens (including phenoxy) is 1. The molecule has 1 aliphatic rings. The van der Waals surface area contributed by atoms with Gasteiger partial charge in [0, 0.05) is 10.7 Å². The zero-order valence-electron chi connectivity index (χ0n) is 11.9. The normalized spacial score (nSPS) is 16.5. The number of carbonyl (C=O) groups is 1. The van der Waals surface area contributed by atoms with Gasteiger partial charge in [0.2, 0.25) is 5.91 Å². The number of hydrogen-bond acceptors (Lipinski definition) is 2. The van der Waals surface area contributed by atoms with E-state index >= 15 is 0 Å². The molecule has 1 aliphatic heterocycles. The summed E-state index contributed by atoms with van der Waals surface area (Å²) in [6.07, 6.45) is 0.575. The van der Waals surface area contributed by atoms with Gasteiger partial charge in [-0.25, -0.2) is 0 Å². The van der Waals surface area contributed by atoms with Gasteiger partial charge in [-0.05, 0) is 48.2 Å². The van der Waals surface area contributed by atoms with E-state index < -0.39 is 0 Å². The van der Waals surface area contributed by atoms with Gasteiger partial charge in [0.25, 0.3) is 0 Å². The predicted molar refractivity (Wildman–Crippen MR) is 84.3 cm³/mol. The first-order valence-electron chi connectivity index (χ1n) is 6.83. The summed E-state index contributed by atoms with van der Waals surface area (Å²) in [5.74, 6) is 0.585. The van der Waals surface area contributed by atoms with E-state index in [1.807, 2.05) is 37.3 Å². The number of anilines is 1. The van der Waals surface area contributed by atoms with Gasteiger partial charge in [0.1, 0.15) is 5.75 Å². The molecule has 2 aromatic rings. The van der Waals surface area contributed by atoms with Crippen molar-refractivity contribution in [3.63, 3.8) is 0 Å². The SMILES string of the molecule is COc1ccc(Cl)cc1CC1C(=O)Nc2c(C)cccc21. The van der Waals surface area contributed by atoms with E-state index in [0.29, 0.717) is 11.4 Å². The monoisotopic (exact) mass is 301 g/mol.